The molecule has 3 fully saturated rings. The average molecular weight is 442 g/mol. The summed E-state index contributed by atoms with van der Waals surface area (Å²) >= 11 is 0. The van der Waals surface area contributed by atoms with Crippen LogP contribution in [0.4, 0.5) is 11.6 Å². The number of aryl methyl sites for hydroxylation is 1. The number of nitrogens with zero attached hydrogens (tertiary/aromatic N) is 5. The molecule has 3 aliphatic rings. The highest BCUT2D eigenvalue weighted by atomic mass is 32.2. The standard InChI is InChI=1S/C22H27N5O3S/c1-16-13-19(17-3-4-17)15-24-21(16)25-8-10-26(11-9-25)22(28)18-5-6-20(23-14-18)27-7-2-12-31(27,29)30/h5-6,13-15,17H,2-4,7-12H2,1H3. The van der Waals surface area contributed by atoms with Crippen LogP contribution in [0.1, 0.15) is 46.7 Å². The molecule has 2 saturated heterocycles. The predicted octanol–water partition coefficient (Wildman–Crippen LogP) is 2.16. The smallest absolute Gasteiger partial charge is 0.255 e. The van der Waals surface area contributed by atoms with Crippen molar-refractivity contribution in [2.45, 2.75) is 32.1 Å². The zero-order valence-corrected chi connectivity index (χ0v) is 18.5. The van der Waals surface area contributed by atoms with Crippen molar-refractivity contribution < 1.29 is 13.2 Å². The summed E-state index contributed by atoms with van der Waals surface area (Å²) in [4.78, 5) is 26.0. The highest BCUT2D eigenvalue weighted by Crippen LogP contribution is 2.40. The molecule has 9 heteroatoms. The zero-order valence-electron chi connectivity index (χ0n) is 17.7. The van der Waals surface area contributed by atoms with E-state index in [4.69, 9.17) is 4.98 Å². The van der Waals surface area contributed by atoms with E-state index in [1.54, 1.807) is 12.1 Å². The van der Waals surface area contributed by atoms with E-state index < -0.39 is 10.0 Å². The quantitative estimate of drug-likeness (QED) is 0.723. The van der Waals surface area contributed by atoms with Crippen molar-refractivity contribution >= 4 is 27.6 Å². The summed E-state index contributed by atoms with van der Waals surface area (Å²) in [5.74, 6) is 2.17. The van der Waals surface area contributed by atoms with Crippen molar-refractivity contribution in [1.29, 1.82) is 0 Å². The molecule has 0 atom stereocenters. The summed E-state index contributed by atoms with van der Waals surface area (Å²) in [7, 11) is -3.27. The van der Waals surface area contributed by atoms with Gasteiger partial charge in [0.2, 0.25) is 10.0 Å². The molecular formula is C22H27N5O3S. The Bertz CT molecular complexity index is 1090. The minimum Gasteiger partial charge on any atom is -0.353 e. The number of carbonyl (C=O) groups is 1. The van der Waals surface area contributed by atoms with Crippen LogP contribution in [-0.2, 0) is 10.0 Å². The molecule has 0 unspecified atom stereocenters. The van der Waals surface area contributed by atoms with Crippen LogP contribution in [0.5, 0.6) is 0 Å². The van der Waals surface area contributed by atoms with Crippen molar-refractivity contribution in [3.8, 4) is 0 Å². The van der Waals surface area contributed by atoms with E-state index in [1.807, 2.05) is 11.1 Å². The minimum atomic E-state index is -3.27. The van der Waals surface area contributed by atoms with E-state index in [-0.39, 0.29) is 11.7 Å². The van der Waals surface area contributed by atoms with Gasteiger partial charge in [0.1, 0.15) is 11.6 Å². The molecule has 2 aromatic heterocycles. The van der Waals surface area contributed by atoms with Crippen LogP contribution in [-0.4, -0.2) is 67.7 Å². The molecule has 0 aromatic carbocycles. The summed E-state index contributed by atoms with van der Waals surface area (Å²) in [5.41, 5.74) is 3.02. The molecule has 1 amide bonds. The van der Waals surface area contributed by atoms with Crippen molar-refractivity contribution in [2.75, 3.05) is 47.7 Å². The summed E-state index contributed by atoms with van der Waals surface area (Å²) in [6.45, 7) is 5.26. The van der Waals surface area contributed by atoms with Crippen molar-refractivity contribution in [3.05, 3.63) is 47.3 Å². The third-order valence-electron chi connectivity index (χ3n) is 6.34. The number of amides is 1. The lowest BCUT2D eigenvalue weighted by Crippen LogP contribution is -2.49. The molecule has 0 radical (unpaired) electrons. The number of aromatic nitrogens is 2. The predicted molar refractivity (Wildman–Crippen MR) is 119 cm³/mol. The molecule has 0 bridgehead atoms. The fourth-order valence-electron chi connectivity index (χ4n) is 4.42. The molecule has 5 rings (SSSR count). The Kier molecular flexibility index (Phi) is 5.08. The second-order valence-corrected chi connectivity index (χ2v) is 10.6. The largest absolute Gasteiger partial charge is 0.353 e. The van der Waals surface area contributed by atoms with Gasteiger partial charge < -0.3 is 9.80 Å². The first-order valence-electron chi connectivity index (χ1n) is 10.9. The number of rotatable bonds is 4. The normalized spacial score (nSPS) is 20.9. The van der Waals surface area contributed by atoms with Crippen LogP contribution in [0.2, 0.25) is 0 Å². The Morgan fingerprint density at radius 2 is 1.81 bits per heavy atom. The van der Waals surface area contributed by atoms with E-state index in [1.165, 1.54) is 34.5 Å². The van der Waals surface area contributed by atoms with Gasteiger partial charge in [-0.1, -0.05) is 6.07 Å². The van der Waals surface area contributed by atoms with Gasteiger partial charge in [-0.15, -0.1) is 0 Å². The second kappa shape index (κ2) is 7.78. The molecule has 1 aliphatic carbocycles. The lowest BCUT2D eigenvalue weighted by Gasteiger charge is -2.36. The number of anilines is 2. The van der Waals surface area contributed by atoms with Gasteiger partial charge in [-0.2, -0.15) is 0 Å². The van der Waals surface area contributed by atoms with Gasteiger partial charge in [-0.3, -0.25) is 9.10 Å². The second-order valence-electron chi connectivity index (χ2n) is 8.61. The summed E-state index contributed by atoms with van der Waals surface area (Å²) in [6.07, 6.45) is 6.63. The van der Waals surface area contributed by atoms with E-state index in [0.29, 0.717) is 43.4 Å². The van der Waals surface area contributed by atoms with Gasteiger partial charge in [-0.05, 0) is 55.4 Å². The highest BCUT2D eigenvalue weighted by molar-refractivity contribution is 7.93. The molecule has 164 valence electrons. The number of hydrogen-bond donors (Lipinski definition) is 0. The third-order valence-corrected chi connectivity index (χ3v) is 8.18. The van der Waals surface area contributed by atoms with Crippen LogP contribution < -0.4 is 9.21 Å². The first-order chi connectivity index (χ1) is 14.9. The van der Waals surface area contributed by atoms with Crippen molar-refractivity contribution in [3.63, 3.8) is 0 Å². The number of sulfonamides is 1. The van der Waals surface area contributed by atoms with Gasteiger partial charge in [0.15, 0.2) is 0 Å². The molecule has 31 heavy (non-hydrogen) atoms. The number of pyridine rings is 2. The van der Waals surface area contributed by atoms with Crippen LogP contribution >= 0.6 is 0 Å². The lowest BCUT2D eigenvalue weighted by atomic mass is 10.1. The highest BCUT2D eigenvalue weighted by Gasteiger charge is 2.30. The maximum atomic E-state index is 12.9. The van der Waals surface area contributed by atoms with Gasteiger partial charge in [0.05, 0.1) is 11.3 Å². The maximum absolute atomic E-state index is 12.9. The topological polar surface area (TPSA) is 86.7 Å². The Morgan fingerprint density at radius 1 is 1.03 bits per heavy atom. The molecule has 0 N–H and O–H groups in total. The number of carbonyl (C=O) groups excluding carboxylic acids is 1. The van der Waals surface area contributed by atoms with Crippen LogP contribution in [0.3, 0.4) is 0 Å². The van der Waals surface area contributed by atoms with E-state index in [2.05, 4.69) is 22.9 Å². The minimum absolute atomic E-state index is 0.0725. The molecule has 8 nitrogen and oxygen atoms in total. The fraction of sp³-hybridized carbons (Fsp3) is 0.500. The van der Waals surface area contributed by atoms with Gasteiger partial charge in [0, 0.05) is 45.1 Å². The zero-order chi connectivity index (χ0) is 21.6. The number of piperazine rings is 1. The summed E-state index contributed by atoms with van der Waals surface area (Å²) in [5, 5.41) is 0. The first kappa shape index (κ1) is 20.2. The van der Waals surface area contributed by atoms with Gasteiger partial charge in [-0.25, -0.2) is 18.4 Å². The Morgan fingerprint density at radius 3 is 2.39 bits per heavy atom. The van der Waals surface area contributed by atoms with Crippen LogP contribution in [0, 0.1) is 6.92 Å². The van der Waals surface area contributed by atoms with Crippen molar-refractivity contribution in [1.82, 2.24) is 14.9 Å². The number of hydrogen-bond acceptors (Lipinski definition) is 6. The molecular weight excluding hydrogens is 414 g/mol. The fourth-order valence-corrected chi connectivity index (χ4v) is 5.94. The van der Waals surface area contributed by atoms with Gasteiger partial charge in [0.25, 0.3) is 5.91 Å². The SMILES string of the molecule is Cc1cc(C2CC2)cnc1N1CCN(C(=O)c2ccc(N3CCCS3(=O)=O)nc2)CC1. The third kappa shape index (κ3) is 3.98. The first-order valence-corrected chi connectivity index (χ1v) is 12.5. The molecule has 2 aliphatic heterocycles. The molecule has 2 aromatic rings. The van der Waals surface area contributed by atoms with E-state index in [0.717, 1.165) is 18.9 Å². The molecule has 0 spiro atoms. The lowest BCUT2D eigenvalue weighted by molar-refractivity contribution is 0.0746. The average Bonchev–Trinajstić information content (AvgIpc) is 3.56. The molecule has 4 heterocycles. The van der Waals surface area contributed by atoms with Gasteiger partial charge >= 0.3 is 0 Å². The maximum Gasteiger partial charge on any atom is 0.255 e. The van der Waals surface area contributed by atoms with E-state index in [9.17, 15) is 13.2 Å². The Balaban J connectivity index is 1.22. The molecule has 1 saturated carbocycles. The Labute approximate surface area is 182 Å². The van der Waals surface area contributed by atoms with Crippen LogP contribution in [0.25, 0.3) is 0 Å². The van der Waals surface area contributed by atoms with E-state index >= 15 is 0 Å². The summed E-state index contributed by atoms with van der Waals surface area (Å²) in [6, 6.07) is 5.56. The Hall–Kier alpha value is -2.68. The summed E-state index contributed by atoms with van der Waals surface area (Å²) < 4.78 is 25.4. The van der Waals surface area contributed by atoms with Crippen molar-refractivity contribution in [2.24, 2.45) is 0 Å². The monoisotopic (exact) mass is 441 g/mol. The van der Waals surface area contributed by atoms with Crippen LogP contribution in [0.15, 0.2) is 30.6 Å².